The second-order valence-electron chi connectivity index (χ2n) is 11.6. The highest BCUT2D eigenvalue weighted by Crippen LogP contribution is 2.66. The number of carbonyl (C=O) groups excluding carboxylic acids is 2. The smallest absolute Gasteiger partial charge is 0.305 e. The van der Waals surface area contributed by atoms with Gasteiger partial charge >= 0.3 is 11.9 Å². The van der Waals surface area contributed by atoms with Crippen LogP contribution in [-0.4, -0.2) is 25.2 Å². The van der Waals surface area contributed by atoms with Crippen molar-refractivity contribution in [1.82, 2.24) is 0 Å². The number of hydrogen-bond donors (Lipinski definition) is 0. The molecule has 4 rings (SSSR count). The van der Waals surface area contributed by atoms with Crippen LogP contribution in [0.15, 0.2) is 12.2 Å². The zero-order chi connectivity index (χ0) is 22.4. The molecule has 0 aliphatic heterocycles. The van der Waals surface area contributed by atoms with Crippen LogP contribution in [0.4, 0.5) is 0 Å². The molecule has 0 amide bonds. The molecule has 0 heterocycles. The average molecular weight is 431 g/mol. The molecule has 4 aliphatic rings. The predicted octanol–water partition coefficient (Wildman–Crippen LogP) is 5.94. The van der Waals surface area contributed by atoms with Gasteiger partial charge in [-0.25, -0.2) is 0 Å². The van der Waals surface area contributed by atoms with Crippen molar-refractivity contribution in [3.8, 4) is 0 Å². The molecule has 0 aromatic carbocycles. The number of ether oxygens (including phenoxy) is 2. The number of carbonyl (C=O) groups is 2. The molecule has 0 N–H and O–H groups in total. The molecule has 4 aliphatic carbocycles. The van der Waals surface area contributed by atoms with Crippen molar-refractivity contribution in [3.63, 3.8) is 0 Å². The van der Waals surface area contributed by atoms with Crippen molar-refractivity contribution in [3.05, 3.63) is 12.2 Å². The Labute approximate surface area is 188 Å². The molecule has 0 bridgehead atoms. The Morgan fingerprint density at radius 3 is 2.61 bits per heavy atom. The molecule has 9 atom stereocenters. The number of hydrogen-bond acceptors (Lipinski definition) is 4. The van der Waals surface area contributed by atoms with Crippen LogP contribution in [-0.2, 0) is 19.1 Å². The zero-order valence-corrected chi connectivity index (χ0v) is 20.2. The van der Waals surface area contributed by atoms with Gasteiger partial charge in [0.2, 0.25) is 0 Å². The number of rotatable bonds is 5. The van der Waals surface area contributed by atoms with Crippen molar-refractivity contribution in [2.45, 2.75) is 91.6 Å². The number of methoxy groups -OCH3 is 1. The summed E-state index contributed by atoms with van der Waals surface area (Å²) in [6.45, 7) is 8.91. The first-order valence-corrected chi connectivity index (χ1v) is 12.6. The van der Waals surface area contributed by atoms with Crippen LogP contribution in [0.3, 0.4) is 0 Å². The van der Waals surface area contributed by atoms with Gasteiger partial charge in [-0.05, 0) is 97.7 Å². The molecular weight excluding hydrogens is 388 g/mol. The van der Waals surface area contributed by atoms with E-state index in [1.165, 1.54) is 46.1 Å². The second kappa shape index (κ2) is 8.56. The zero-order valence-electron chi connectivity index (χ0n) is 20.2. The lowest BCUT2D eigenvalue weighted by molar-refractivity contribution is -0.154. The van der Waals surface area contributed by atoms with E-state index in [2.05, 4.69) is 32.9 Å². The highest BCUT2D eigenvalue weighted by atomic mass is 16.5. The Hall–Kier alpha value is -1.32. The van der Waals surface area contributed by atoms with Crippen LogP contribution >= 0.6 is 0 Å². The first-order valence-electron chi connectivity index (χ1n) is 12.6. The minimum Gasteiger partial charge on any atom is -0.469 e. The van der Waals surface area contributed by atoms with Crippen LogP contribution in [0.2, 0.25) is 0 Å². The van der Waals surface area contributed by atoms with E-state index in [0.29, 0.717) is 35.5 Å². The summed E-state index contributed by atoms with van der Waals surface area (Å²) >= 11 is 0. The third kappa shape index (κ3) is 3.97. The number of allylic oxidation sites excluding steroid dienone is 2. The molecule has 31 heavy (non-hydrogen) atoms. The standard InChI is InChI=1S/C27H42O4/c1-17(6-11-25(29)30-5)22-9-10-23-21-8-7-19-16-20(31-18(2)28)12-14-26(19,3)24(21)13-15-27(22,23)4/h13,15,17,19-24H,6-12,14,16H2,1-5H3. The van der Waals surface area contributed by atoms with Crippen molar-refractivity contribution < 1.29 is 19.1 Å². The Balaban J connectivity index is 1.50. The van der Waals surface area contributed by atoms with Gasteiger partial charge in [-0.2, -0.15) is 0 Å². The van der Waals surface area contributed by atoms with Gasteiger partial charge in [0.1, 0.15) is 6.10 Å². The van der Waals surface area contributed by atoms with Crippen LogP contribution in [0.5, 0.6) is 0 Å². The third-order valence-electron chi connectivity index (χ3n) is 10.2. The third-order valence-corrected chi connectivity index (χ3v) is 10.2. The maximum absolute atomic E-state index is 11.7. The van der Waals surface area contributed by atoms with Crippen molar-refractivity contribution >= 4 is 11.9 Å². The maximum Gasteiger partial charge on any atom is 0.305 e. The summed E-state index contributed by atoms with van der Waals surface area (Å²) in [6.07, 6.45) is 15.2. The van der Waals surface area contributed by atoms with E-state index in [1.54, 1.807) is 0 Å². The Bertz CT molecular complexity index is 729. The van der Waals surface area contributed by atoms with E-state index >= 15 is 0 Å². The molecule has 3 saturated carbocycles. The summed E-state index contributed by atoms with van der Waals surface area (Å²) in [6, 6.07) is 0. The summed E-state index contributed by atoms with van der Waals surface area (Å²) in [7, 11) is 1.49. The fraction of sp³-hybridized carbons (Fsp3) is 0.852. The van der Waals surface area contributed by atoms with Crippen LogP contribution in [0.1, 0.15) is 85.5 Å². The number of esters is 2. The fourth-order valence-electron chi connectivity index (χ4n) is 8.52. The van der Waals surface area contributed by atoms with Gasteiger partial charge in [0.15, 0.2) is 0 Å². The Morgan fingerprint density at radius 2 is 1.90 bits per heavy atom. The van der Waals surface area contributed by atoms with E-state index in [9.17, 15) is 9.59 Å². The highest BCUT2D eigenvalue weighted by Gasteiger charge is 2.59. The van der Waals surface area contributed by atoms with Gasteiger partial charge in [0.05, 0.1) is 7.11 Å². The van der Waals surface area contributed by atoms with E-state index in [0.717, 1.165) is 31.1 Å². The minimum atomic E-state index is -0.131. The molecule has 0 aromatic heterocycles. The maximum atomic E-state index is 11.7. The van der Waals surface area contributed by atoms with Crippen LogP contribution in [0, 0.1) is 46.3 Å². The minimum absolute atomic E-state index is 0.0820. The lowest BCUT2D eigenvalue weighted by atomic mass is 9.46. The first kappa shape index (κ1) is 22.9. The Morgan fingerprint density at radius 1 is 1.13 bits per heavy atom. The topological polar surface area (TPSA) is 52.6 Å². The van der Waals surface area contributed by atoms with E-state index < -0.39 is 0 Å². The molecule has 0 aromatic rings. The van der Waals surface area contributed by atoms with Crippen LogP contribution < -0.4 is 0 Å². The van der Waals surface area contributed by atoms with Gasteiger partial charge in [-0.15, -0.1) is 0 Å². The molecule has 0 saturated heterocycles. The summed E-state index contributed by atoms with van der Waals surface area (Å²) in [5.74, 6) is 3.85. The predicted molar refractivity (Wildman–Crippen MR) is 121 cm³/mol. The fourth-order valence-corrected chi connectivity index (χ4v) is 8.52. The van der Waals surface area contributed by atoms with E-state index in [-0.39, 0.29) is 23.5 Å². The molecular formula is C27H42O4. The summed E-state index contributed by atoms with van der Waals surface area (Å²) in [4.78, 5) is 23.1. The van der Waals surface area contributed by atoms with Crippen LogP contribution in [0.25, 0.3) is 0 Å². The average Bonchev–Trinajstić information content (AvgIpc) is 3.09. The van der Waals surface area contributed by atoms with E-state index in [1.807, 2.05) is 0 Å². The van der Waals surface area contributed by atoms with E-state index in [4.69, 9.17) is 9.47 Å². The van der Waals surface area contributed by atoms with Crippen molar-refractivity contribution in [1.29, 1.82) is 0 Å². The van der Waals surface area contributed by atoms with Gasteiger partial charge in [-0.1, -0.05) is 32.9 Å². The number of fused-ring (bicyclic) bond motifs is 5. The van der Waals surface area contributed by atoms with Gasteiger partial charge in [0.25, 0.3) is 0 Å². The quantitative estimate of drug-likeness (QED) is 0.400. The summed E-state index contributed by atoms with van der Waals surface area (Å²) < 4.78 is 10.5. The first-order chi connectivity index (χ1) is 14.7. The molecule has 9 unspecified atom stereocenters. The van der Waals surface area contributed by atoms with Crippen molar-refractivity contribution in [2.75, 3.05) is 7.11 Å². The second-order valence-corrected chi connectivity index (χ2v) is 11.6. The molecule has 4 heteroatoms. The van der Waals surface area contributed by atoms with Gasteiger partial charge in [0, 0.05) is 13.3 Å². The van der Waals surface area contributed by atoms with Crippen molar-refractivity contribution in [2.24, 2.45) is 46.3 Å². The van der Waals surface area contributed by atoms with Gasteiger partial charge in [-0.3, -0.25) is 9.59 Å². The van der Waals surface area contributed by atoms with Gasteiger partial charge < -0.3 is 9.47 Å². The largest absolute Gasteiger partial charge is 0.469 e. The molecule has 174 valence electrons. The lowest BCUT2D eigenvalue weighted by Gasteiger charge is -2.59. The molecule has 0 radical (unpaired) electrons. The summed E-state index contributed by atoms with van der Waals surface area (Å²) in [5, 5.41) is 0. The highest BCUT2D eigenvalue weighted by molar-refractivity contribution is 5.69. The molecule has 4 nitrogen and oxygen atoms in total. The lowest BCUT2D eigenvalue weighted by Crippen LogP contribution is -2.52. The normalized spacial score (nSPS) is 44.5. The summed E-state index contributed by atoms with van der Waals surface area (Å²) in [5.41, 5.74) is 0.598. The Kier molecular flexibility index (Phi) is 6.31. The molecule has 0 spiro atoms. The monoisotopic (exact) mass is 430 g/mol. The molecule has 3 fully saturated rings. The SMILES string of the molecule is COC(=O)CCC(C)C1CCC2C3CCC4CC(OC(C)=O)CCC4(C)C3C=CC12C.